The lowest BCUT2D eigenvalue weighted by molar-refractivity contribution is -0.147. The molecule has 10 heteroatoms. The maximum Gasteiger partial charge on any atom is 0.404 e. The Hall–Kier alpha value is -4.23. The summed E-state index contributed by atoms with van der Waals surface area (Å²) in [5, 5.41) is 6.04. The molecule has 0 aliphatic heterocycles. The molecule has 2 amide bonds. The minimum Gasteiger partial charge on any atom is -0.464 e. The van der Waals surface area contributed by atoms with E-state index in [9.17, 15) is 14.4 Å². The highest BCUT2D eigenvalue weighted by Gasteiger charge is 2.33. The summed E-state index contributed by atoms with van der Waals surface area (Å²) in [5.41, 5.74) is 8.42. The van der Waals surface area contributed by atoms with Gasteiger partial charge in [0.15, 0.2) is 0 Å². The maximum absolute atomic E-state index is 12.8. The molecule has 2 aromatic carbocycles. The van der Waals surface area contributed by atoms with Crippen LogP contribution in [-0.2, 0) is 45.2 Å². The van der Waals surface area contributed by atoms with Gasteiger partial charge in [0.05, 0.1) is 19.6 Å². The predicted molar refractivity (Wildman–Crippen MR) is 168 cm³/mol. The number of esters is 1. The lowest BCUT2D eigenvalue weighted by Gasteiger charge is -2.32. The molecule has 2 aromatic rings. The number of carbonyl (C=O) groups excluding carboxylic acids is 3. The molecule has 1 unspecified atom stereocenters. The van der Waals surface area contributed by atoms with Crippen LogP contribution in [0.4, 0.5) is 4.79 Å². The van der Waals surface area contributed by atoms with Crippen LogP contribution in [0.25, 0.3) is 0 Å². The fourth-order valence-electron chi connectivity index (χ4n) is 4.51. The Balaban J connectivity index is 1.91. The molecule has 0 radical (unpaired) electrons. The molecule has 10 nitrogen and oxygen atoms in total. The minimum atomic E-state index is -0.915. The lowest BCUT2D eigenvalue weighted by Crippen LogP contribution is -2.38. The zero-order valence-electron chi connectivity index (χ0n) is 25.6. The van der Waals surface area contributed by atoms with E-state index in [1.807, 2.05) is 63.4 Å². The zero-order chi connectivity index (χ0) is 31.3. The molecule has 1 atom stereocenters. The van der Waals surface area contributed by atoms with Crippen molar-refractivity contribution in [1.29, 1.82) is 0 Å². The summed E-state index contributed by atoms with van der Waals surface area (Å²) in [7, 11) is 0. The Kier molecular flexibility index (Phi) is 16.1. The van der Waals surface area contributed by atoms with Gasteiger partial charge in [-0.1, -0.05) is 56.7 Å². The average Bonchev–Trinajstić information content (AvgIpc) is 3.00. The van der Waals surface area contributed by atoms with Gasteiger partial charge in [-0.25, -0.2) is 4.79 Å². The molecule has 0 aliphatic carbocycles. The molecule has 0 spiro atoms. The predicted octanol–water partition coefficient (Wildman–Crippen LogP) is 4.47. The standard InChI is InChI=1S/C33H45N5O5/c1-4-14-33(25-43-32(34)41,15-13-30(39)38-22-29-12-8-9-26(18-29)19-35-6-3)24-42-31(40)23-37-21-28-11-7-10-27(17-28)20-36-16-5-2/h6,8-9,11-12,16-18,37H,4-5,13-15,19-25H2,1-3H3,(H2,34,41)(H,38,39)/b35-6+,36-16+. The van der Waals surface area contributed by atoms with Crippen molar-refractivity contribution in [3.05, 3.63) is 70.8 Å². The largest absolute Gasteiger partial charge is 0.464 e. The normalized spacial score (nSPS) is 12.5. The number of benzene rings is 1. The first-order chi connectivity index (χ1) is 20.8. The first-order valence-electron chi connectivity index (χ1n) is 14.8. The first-order valence-corrected chi connectivity index (χ1v) is 14.8. The van der Waals surface area contributed by atoms with E-state index in [0.29, 0.717) is 39.0 Å². The van der Waals surface area contributed by atoms with Crippen LogP contribution in [-0.4, -0.2) is 50.2 Å². The molecule has 0 saturated heterocycles. The number of nitrogens with one attached hydrogen (secondary N) is 2. The number of nitrogens with zero attached hydrogens (tertiary/aromatic N) is 2. The summed E-state index contributed by atoms with van der Waals surface area (Å²) in [6.45, 7) is 7.77. The molecule has 2 rings (SSSR count). The number of hydrogen-bond acceptors (Lipinski definition) is 8. The zero-order valence-corrected chi connectivity index (χ0v) is 25.6. The number of ether oxygens (including phenoxy) is 2. The Labute approximate surface area is 255 Å². The van der Waals surface area contributed by atoms with Gasteiger partial charge in [0.2, 0.25) is 5.91 Å². The fourth-order valence-corrected chi connectivity index (χ4v) is 4.51. The van der Waals surface area contributed by atoms with Gasteiger partial charge in [-0.2, -0.15) is 0 Å². The second kappa shape index (κ2) is 19.8. The van der Waals surface area contributed by atoms with E-state index in [2.05, 4.69) is 32.8 Å². The van der Waals surface area contributed by atoms with Crippen molar-refractivity contribution in [2.24, 2.45) is 21.1 Å². The van der Waals surface area contributed by atoms with Crippen molar-refractivity contribution in [2.45, 2.75) is 79.1 Å². The lowest BCUT2D eigenvalue weighted by atomic mass is 9.80. The van der Waals surface area contributed by atoms with Gasteiger partial charge >= 0.3 is 12.1 Å². The number of amides is 2. The van der Waals surface area contributed by atoms with Crippen LogP contribution in [0.5, 0.6) is 0 Å². The van der Waals surface area contributed by atoms with Crippen molar-refractivity contribution < 1.29 is 23.9 Å². The topological polar surface area (TPSA) is 144 Å². The summed E-state index contributed by atoms with van der Waals surface area (Å²) in [4.78, 5) is 45.4. The van der Waals surface area contributed by atoms with Crippen molar-refractivity contribution in [3.63, 3.8) is 0 Å². The average molecular weight is 592 g/mol. The van der Waals surface area contributed by atoms with Gasteiger partial charge < -0.3 is 25.8 Å². The van der Waals surface area contributed by atoms with Crippen molar-refractivity contribution in [2.75, 3.05) is 19.8 Å². The molecule has 4 N–H and O–H groups in total. The molecule has 0 heterocycles. The summed E-state index contributed by atoms with van der Waals surface area (Å²) < 4.78 is 10.8. The molecule has 0 aromatic heterocycles. The number of primary amides is 1. The van der Waals surface area contributed by atoms with Crippen LogP contribution in [0.2, 0.25) is 0 Å². The van der Waals surface area contributed by atoms with E-state index in [-0.39, 0.29) is 32.1 Å². The third-order valence-corrected chi connectivity index (χ3v) is 6.68. The van der Waals surface area contributed by atoms with E-state index in [1.165, 1.54) is 0 Å². The van der Waals surface area contributed by atoms with Gasteiger partial charge in [-0.05, 0) is 67.4 Å². The van der Waals surface area contributed by atoms with Crippen LogP contribution < -0.4 is 16.4 Å². The van der Waals surface area contributed by atoms with Gasteiger partial charge in [0.1, 0.15) is 13.2 Å². The van der Waals surface area contributed by atoms with E-state index < -0.39 is 17.5 Å². The summed E-state index contributed by atoms with van der Waals surface area (Å²) in [6, 6.07) is 17.7. The van der Waals surface area contributed by atoms with Gasteiger partial charge in [-0.3, -0.25) is 19.6 Å². The Morgan fingerprint density at radius 2 is 1.79 bits per heavy atom. The third-order valence-electron chi connectivity index (χ3n) is 6.68. The van der Waals surface area contributed by atoms with Crippen molar-refractivity contribution >= 4 is 30.4 Å². The molecular formula is C33H45N5O5. The molecule has 0 bridgehead atoms. The van der Waals surface area contributed by atoms with Crippen LogP contribution in [0, 0.1) is 17.5 Å². The van der Waals surface area contributed by atoms with E-state index in [0.717, 1.165) is 35.1 Å². The maximum atomic E-state index is 12.8. The Bertz CT molecular complexity index is 1220. The minimum absolute atomic E-state index is 0.00440. The molecule has 0 saturated carbocycles. The fraction of sp³-hybridized carbons (Fsp3) is 0.485. The highest BCUT2D eigenvalue weighted by Crippen LogP contribution is 2.31. The number of aliphatic imine (C=N–C) groups is 2. The highest BCUT2D eigenvalue weighted by molar-refractivity contribution is 5.76. The molecule has 43 heavy (non-hydrogen) atoms. The second-order valence-electron chi connectivity index (χ2n) is 10.4. The molecule has 0 aliphatic rings. The second-order valence-corrected chi connectivity index (χ2v) is 10.4. The number of carbonyl (C=O) groups is 3. The van der Waals surface area contributed by atoms with Crippen LogP contribution in [0.1, 0.15) is 75.1 Å². The Morgan fingerprint density at radius 3 is 2.53 bits per heavy atom. The first kappa shape index (κ1) is 35.0. The monoisotopic (exact) mass is 591 g/mol. The third kappa shape index (κ3) is 14.5. The Morgan fingerprint density at radius 1 is 1.00 bits per heavy atom. The molecular weight excluding hydrogens is 546 g/mol. The SMILES string of the molecule is C/C=N/Cc1cccc(CNC(=O)CCC(CCC)(COC(N)=O)COC(=O)CNCc2cc#cc(C/N=C/CC)c2)c1. The summed E-state index contributed by atoms with van der Waals surface area (Å²) in [5.74, 6) is -0.600. The summed E-state index contributed by atoms with van der Waals surface area (Å²) in [6.07, 6.45) is 5.41. The molecule has 232 valence electrons. The number of nitrogens with two attached hydrogens (primary N) is 1. The van der Waals surface area contributed by atoms with Crippen LogP contribution in [0.15, 0.2) is 46.4 Å². The van der Waals surface area contributed by atoms with Crippen LogP contribution >= 0.6 is 0 Å². The molecule has 0 fully saturated rings. The highest BCUT2D eigenvalue weighted by atomic mass is 16.6. The number of rotatable bonds is 20. The van der Waals surface area contributed by atoms with Crippen molar-refractivity contribution in [1.82, 2.24) is 10.6 Å². The van der Waals surface area contributed by atoms with E-state index >= 15 is 0 Å². The van der Waals surface area contributed by atoms with E-state index in [4.69, 9.17) is 15.2 Å². The van der Waals surface area contributed by atoms with Gasteiger partial charge in [0.25, 0.3) is 0 Å². The van der Waals surface area contributed by atoms with Crippen molar-refractivity contribution in [3.8, 4) is 0 Å². The van der Waals surface area contributed by atoms with Gasteiger partial charge in [-0.15, -0.1) is 0 Å². The van der Waals surface area contributed by atoms with E-state index in [1.54, 1.807) is 6.21 Å². The van der Waals surface area contributed by atoms with Gasteiger partial charge in [0, 0.05) is 30.5 Å². The quantitative estimate of drug-likeness (QED) is 0.153. The summed E-state index contributed by atoms with van der Waals surface area (Å²) >= 11 is 0. The number of hydrogen-bond donors (Lipinski definition) is 3. The smallest absolute Gasteiger partial charge is 0.404 e. The van der Waals surface area contributed by atoms with Crippen LogP contribution in [0.3, 0.4) is 0 Å².